The van der Waals surface area contributed by atoms with Crippen LogP contribution in [-0.4, -0.2) is 61.3 Å². The zero-order valence-corrected chi connectivity index (χ0v) is 13.0. The van der Waals surface area contributed by atoms with Gasteiger partial charge in [-0.2, -0.15) is 0 Å². The molecule has 1 aliphatic heterocycles. The lowest BCUT2D eigenvalue weighted by molar-refractivity contribution is -0.000658. The Labute approximate surface area is 124 Å². The Hall–Kier alpha value is -1.11. The zero-order chi connectivity index (χ0) is 14.6. The van der Waals surface area contributed by atoms with Gasteiger partial charge in [0.25, 0.3) is 0 Å². The summed E-state index contributed by atoms with van der Waals surface area (Å²) in [5.74, 6) is 0.736. The van der Waals surface area contributed by atoms with Crippen molar-refractivity contribution in [3.05, 3.63) is 11.5 Å². The second kappa shape index (κ2) is 6.56. The van der Waals surface area contributed by atoms with E-state index in [2.05, 4.69) is 39.6 Å². The van der Waals surface area contributed by atoms with Crippen molar-refractivity contribution in [1.29, 1.82) is 0 Å². The molecule has 1 aromatic heterocycles. The van der Waals surface area contributed by atoms with Crippen molar-refractivity contribution in [2.24, 2.45) is 0 Å². The molecule has 0 bridgehead atoms. The first-order valence-corrected chi connectivity index (χ1v) is 7.14. The molecule has 0 atom stereocenters. The van der Waals surface area contributed by atoms with Gasteiger partial charge in [-0.05, 0) is 26.9 Å². The van der Waals surface area contributed by atoms with Gasteiger partial charge in [0, 0.05) is 32.3 Å². The number of nitrogens with zero attached hydrogens (tertiary/aromatic N) is 3. The van der Waals surface area contributed by atoms with Crippen LogP contribution in [0.25, 0.3) is 0 Å². The summed E-state index contributed by atoms with van der Waals surface area (Å²) in [4.78, 5) is 10.5. The molecule has 0 spiro atoms. The van der Waals surface area contributed by atoms with Crippen molar-refractivity contribution < 1.29 is 4.74 Å². The highest BCUT2D eigenvalue weighted by molar-refractivity contribution is 6.32. The number of likely N-dealkylation sites (N-methyl/N-ethyl adjacent to an activating group) is 1. The Balaban J connectivity index is 2.12. The first kappa shape index (κ1) is 15.3. The summed E-state index contributed by atoms with van der Waals surface area (Å²) in [5.41, 5.74) is 0.816. The van der Waals surface area contributed by atoms with E-state index in [4.69, 9.17) is 16.3 Å². The summed E-state index contributed by atoms with van der Waals surface area (Å²) in [6.07, 6.45) is 3.47. The number of ether oxygens (including phenoxy) is 1. The van der Waals surface area contributed by atoms with Gasteiger partial charge in [-0.3, -0.25) is 0 Å². The highest BCUT2D eigenvalue weighted by Crippen LogP contribution is 2.29. The van der Waals surface area contributed by atoms with E-state index in [0.29, 0.717) is 5.15 Å². The predicted molar refractivity (Wildman–Crippen MR) is 81.5 cm³/mol. The molecule has 0 radical (unpaired) electrons. The van der Waals surface area contributed by atoms with Crippen LogP contribution in [0, 0.1) is 0 Å². The molecular weight excluding hydrogens is 278 g/mol. The first-order valence-electron chi connectivity index (χ1n) is 6.76. The van der Waals surface area contributed by atoms with Crippen LogP contribution >= 0.6 is 11.6 Å². The van der Waals surface area contributed by atoms with Crippen molar-refractivity contribution in [2.75, 3.05) is 51.5 Å². The fourth-order valence-electron chi connectivity index (χ4n) is 2.50. The smallest absolute Gasteiger partial charge is 0.157 e. The molecule has 2 N–H and O–H groups in total. The third kappa shape index (κ3) is 3.13. The van der Waals surface area contributed by atoms with Gasteiger partial charge in [0.05, 0.1) is 0 Å². The van der Waals surface area contributed by atoms with Gasteiger partial charge in [0.15, 0.2) is 11.0 Å². The number of nitrogens with one attached hydrogen (secondary N) is 2. The van der Waals surface area contributed by atoms with Gasteiger partial charge in [-0.1, -0.05) is 11.6 Å². The highest BCUT2D eigenvalue weighted by atomic mass is 35.5. The maximum atomic E-state index is 6.06. The van der Waals surface area contributed by atoms with Crippen LogP contribution < -0.4 is 10.6 Å². The monoisotopic (exact) mass is 299 g/mol. The van der Waals surface area contributed by atoms with Crippen molar-refractivity contribution in [2.45, 2.75) is 18.4 Å². The second-order valence-electron chi connectivity index (χ2n) is 5.22. The number of halogens is 1. The van der Waals surface area contributed by atoms with Gasteiger partial charge in [-0.25, -0.2) is 9.97 Å². The second-order valence-corrected chi connectivity index (χ2v) is 5.58. The average molecular weight is 300 g/mol. The number of anilines is 2. The van der Waals surface area contributed by atoms with Gasteiger partial charge >= 0.3 is 0 Å². The molecule has 2 heterocycles. The fraction of sp³-hybridized carbons (Fsp3) is 0.692. The predicted octanol–water partition coefficient (Wildman–Crippen LogP) is 1.69. The maximum Gasteiger partial charge on any atom is 0.157 e. The quantitative estimate of drug-likeness (QED) is 0.807. The molecule has 0 unspecified atom stereocenters. The molecule has 0 aliphatic carbocycles. The van der Waals surface area contributed by atoms with E-state index in [0.717, 1.165) is 44.1 Å². The van der Waals surface area contributed by atoms with Gasteiger partial charge in [0.2, 0.25) is 0 Å². The number of hydrogen-bond donors (Lipinski definition) is 2. The van der Waals surface area contributed by atoms with E-state index >= 15 is 0 Å². The summed E-state index contributed by atoms with van der Waals surface area (Å²) >= 11 is 6.06. The molecule has 20 heavy (non-hydrogen) atoms. The molecule has 6 nitrogen and oxygen atoms in total. The van der Waals surface area contributed by atoms with Gasteiger partial charge in [-0.15, -0.1) is 0 Å². The molecule has 1 saturated heterocycles. The van der Waals surface area contributed by atoms with E-state index in [-0.39, 0.29) is 5.54 Å². The minimum Gasteiger partial charge on any atom is -0.383 e. The molecule has 0 saturated carbocycles. The zero-order valence-electron chi connectivity index (χ0n) is 12.2. The molecular formula is C13H22ClN5O. The molecule has 7 heteroatoms. The van der Waals surface area contributed by atoms with Crippen LogP contribution in [0.5, 0.6) is 0 Å². The van der Waals surface area contributed by atoms with Gasteiger partial charge in [0.1, 0.15) is 12.0 Å². The SMILES string of the molecule is CNc1c(Cl)ncnc1NCC1(N(C)C)CCOCC1. The number of rotatable bonds is 5. The van der Waals surface area contributed by atoms with E-state index < -0.39 is 0 Å². The van der Waals surface area contributed by atoms with Crippen LogP contribution in [0.15, 0.2) is 6.33 Å². The molecule has 0 amide bonds. The van der Waals surface area contributed by atoms with Crippen molar-refractivity contribution in [1.82, 2.24) is 14.9 Å². The lowest BCUT2D eigenvalue weighted by Gasteiger charge is -2.43. The van der Waals surface area contributed by atoms with E-state index in [1.807, 2.05) is 7.05 Å². The van der Waals surface area contributed by atoms with Crippen LogP contribution in [0.4, 0.5) is 11.5 Å². The average Bonchev–Trinajstić information content (AvgIpc) is 2.46. The van der Waals surface area contributed by atoms with Crippen LogP contribution in [0.2, 0.25) is 5.15 Å². The largest absolute Gasteiger partial charge is 0.383 e. The Morgan fingerprint density at radius 3 is 2.65 bits per heavy atom. The lowest BCUT2D eigenvalue weighted by Crippen LogP contribution is -2.53. The molecule has 1 aromatic rings. The molecule has 112 valence electrons. The third-order valence-electron chi connectivity index (χ3n) is 4.01. The Morgan fingerprint density at radius 2 is 2.05 bits per heavy atom. The fourth-order valence-corrected chi connectivity index (χ4v) is 2.73. The summed E-state index contributed by atoms with van der Waals surface area (Å²) in [7, 11) is 6.03. The first-order chi connectivity index (χ1) is 9.59. The molecule has 2 rings (SSSR count). The molecule has 1 fully saturated rings. The maximum absolute atomic E-state index is 6.06. The summed E-state index contributed by atoms with van der Waals surface area (Å²) in [5, 5.41) is 6.86. The molecule has 1 aliphatic rings. The number of aromatic nitrogens is 2. The van der Waals surface area contributed by atoms with E-state index in [9.17, 15) is 0 Å². The van der Waals surface area contributed by atoms with E-state index in [1.54, 1.807) is 0 Å². The standard InChI is InChI=1S/C13H22ClN5O/c1-15-10-11(14)17-9-18-12(10)16-8-13(19(2)3)4-6-20-7-5-13/h9,15H,4-8H2,1-3H3,(H,16,17,18). The summed E-state index contributed by atoms with van der Waals surface area (Å²) in [6.45, 7) is 2.39. The van der Waals surface area contributed by atoms with Crippen LogP contribution in [0.1, 0.15) is 12.8 Å². The van der Waals surface area contributed by atoms with Crippen molar-refractivity contribution in [3.63, 3.8) is 0 Å². The van der Waals surface area contributed by atoms with E-state index in [1.165, 1.54) is 6.33 Å². The minimum absolute atomic E-state index is 0.0840. The van der Waals surface area contributed by atoms with Crippen LogP contribution in [0.3, 0.4) is 0 Å². The topological polar surface area (TPSA) is 62.3 Å². The highest BCUT2D eigenvalue weighted by Gasteiger charge is 2.34. The Bertz CT molecular complexity index is 448. The molecule has 0 aromatic carbocycles. The Morgan fingerprint density at radius 1 is 1.35 bits per heavy atom. The lowest BCUT2D eigenvalue weighted by atomic mass is 9.88. The summed E-state index contributed by atoms with van der Waals surface area (Å²) < 4.78 is 5.48. The van der Waals surface area contributed by atoms with Crippen molar-refractivity contribution in [3.8, 4) is 0 Å². The van der Waals surface area contributed by atoms with Crippen molar-refractivity contribution >= 4 is 23.1 Å². The number of hydrogen-bond acceptors (Lipinski definition) is 6. The van der Waals surface area contributed by atoms with Crippen LogP contribution in [-0.2, 0) is 4.74 Å². The normalized spacial score (nSPS) is 18.1. The summed E-state index contributed by atoms with van der Waals surface area (Å²) in [6, 6.07) is 0. The minimum atomic E-state index is 0.0840. The van der Waals surface area contributed by atoms with Gasteiger partial charge < -0.3 is 20.3 Å². The Kier molecular flexibility index (Phi) is 5.01. The third-order valence-corrected chi connectivity index (χ3v) is 4.29.